The van der Waals surface area contributed by atoms with E-state index in [4.69, 9.17) is 23.2 Å². The average Bonchev–Trinajstić information content (AvgIpc) is 2.37. The molecule has 2 aromatic carbocycles. The second kappa shape index (κ2) is 5.91. The van der Waals surface area contributed by atoms with Crippen LogP contribution >= 0.6 is 23.2 Å². The summed E-state index contributed by atoms with van der Waals surface area (Å²) in [6.45, 7) is 0.408. The molecule has 2 aromatic rings. The van der Waals surface area contributed by atoms with Crippen molar-refractivity contribution in [3.05, 3.63) is 68.2 Å². The Hall–Kier alpha value is -1.78. The number of hydrogen-bond donors (Lipinski definition) is 1. The summed E-state index contributed by atoms with van der Waals surface area (Å²) in [5, 5.41) is 14.8. The molecule has 1 N–H and O–H groups in total. The Balaban J connectivity index is 2.22. The highest BCUT2D eigenvalue weighted by molar-refractivity contribution is 6.33. The lowest BCUT2D eigenvalue weighted by Gasteiger charge is -2.09. The lowest BCUT2D eigenvalue weighted by atomic mass is 10.2. The number of benzene rings is 2. The summed E-state index contributed by atoms with van der Waals surface area (Å²) in [6, 6.07) is 11.8. The van der Waals surface area contributed by atoms with Gasteiger partial charge in [0.05, 0.1) is 9.95 Å². The van der Waals surface area contributed by atoms with Crippen molar-refractivity contribution in [2.75, 3.05) is 5.32 Å². The zero-order chi connectivity index (χ0) is 13.8. The number of halogens is 2. The minimum Gasteiger partial charge on any atom is -0.374 e. The molecule has 0 fully saturated rings. The highest BCUT2D eigenvalue weighted by atomic mass is 35.5. The predicted octanol–water partition coefficient (Wildman–Crippen LogP) is 4.51. The first-order chi connectivity index (χ1) is 9.08. The van der Waals surface area contributed by atoms with E-state index >= 15 is 0 Å². The van der Waals surface area contributed by atoms with Gasteiger partial charge in [-0.15, -0.1) is 0 Å². The zero-order valence-electron chi connectivity index (χ0n) is 9.77. The van der Waals surface area contributed by atoms with Crippen LogP contribution in [0.1, 0.15) is 5.56 Å². The Bertz CT molecular complexity index is 617. The Morgan fingerprint density at radius 3 is 2.58 bits per heavy atom. The van der Waals surface area contributed by atoms with Gasteiger partial charge in [0.2, 0.25) is 0 Å². The smallest absolute Gasteiger partial charge is 0.293 e. The molecule has 0 saturated carbocycles. The lowest BCUT2D eigenvalue weighted by Crippen LogP contribution is -2.03. The van der Waals surface area contributed by atoms with E-state index < -0.39 is 4.92 Å². The van der Waals surface area contributed by atoms with Crippen molar-refractivity contribution in [1.82, 2.24) is 0 Å². The number of nitro groups is 1. The standard InChI is InChI=1S/C13H10Cl2N2O2/c14-10-4-1-3-9(7-10)8-16-13-11(15)5-2-6-12(13)17(18)19/h1-7,16H,8H2. The molecule has 0 spiro atoms. The van der Waals surface area contributed by atoms with Crippen molar-refractivity contribution in [2.24, 2.45) is 0 Å². The maximum atomic E-state index is 10.9. The van der Waals surface area contributed by atoms with Crippen LogP contribution in [0.15, 0.2) is 42.5 Å². The SMILES string of the molecule is O=[N+]([O-])c1cccc(Cl)c1NCc1cccc(Cl)c1. The first-order valence-corrected chi connectivity index (χ1v) is 6.25. The van der Waals surface area contributed by atoms with Gasteiger partial charge in [0.15, 0.2) is 0 Å². The fourth-order valence-electron chi connectivity index (χ4n) is 1.68. The van der Waals surface area contributed by atoms with E-state index in [0.29, 0.717) is 22.3 Å². The summed E-state index contributed by atoms with van der Waals surface area (Å²) in [6.07, 6.45) is 0. The van der Waals surface area contributed by atoms with E-state index in [1.807, 2.05) is 12.1 Å². The van der Waals surface area contributed by atoms with Crippen LogP contribution in [0, 0.1) is 10.1 Å². The van der Waals surface area contributed by atoms with Gasteiger partial charge in [-0.05, 0) is 23.8 Å². The Kier molecular flexibility index (Phi) is 4.24. The number of nitrogens with zero attached hydrogens (tertiary/aromatic N) is 1. The van der Waals surface area contributed by atoms with Crippen molar-refractivity contribution in [3.8, 4) is 0 Å². The molecule has 0 heterocycles. The Labute approximate surface area is 120 Å². The van der Waals surface area contributed by atoms with Gasteiger partial charge in [-0.25, -0.2) is 0 Å². The number of nitrogens with one attached hydrogen (secondary N) is 1. The zero-order valence-corrected chi connectivity index (χ0v) is 11.3. The molecule has 0 aliphatic rings. The molecule has 0 atom stereocenters. The summed E-state index contributed by atoms with van der Waals surface area (Å²) < 4.78 is 0. The minimum atomic E-state index is -0.466. The monoisotopic (exact) mass is 296 g/mol. The second-order valence-corrected chi connectivity index (χ2v) is 4.72. The topological polar surface area (TPSA) is 55.2 Å². The maximum absolute atomic E-state index is 10.9. The van der Waals surface area contributed by atoms with E-state index in [9.17, 15) is 10.1 Å². The van der Waals surface area contributed by atoms with Gasteiger partial charge in [0.1, 0.15) is 5.69 Å². The van der Waals surface area contributed by atoms with Crippen LogP contribution in [0.2, 0.25) is 10.0 Å². The number of para-hydroxylation sites is 1. The van der Waals surface area contributed by atoms with Crippen molar-refractivity contribution < 1.29 is 4.92 Å². The molecule has 98 valence electrons. The first-order valence-electron chi connectivity index (χ1n) is 5.49. The van der Waals surface area contributed by atoms with Crippen molar-refractivity contribution in [3.63, 3.8) is 0 Å². The summed E-state index contributed by atoms with van der Waals surface area (Å²) >= 11 is 11.9. The first kappa shape index (κ1) is 13.6. The van der Waals surface area contributed by atoms with Gasteiger partial charge in [0.25, 0.3) is 5.69 Å². The lowest BCUT2D eigenvalue weighted by molar-refractivity contribution is -0.383. The number of hydrogen-bond acceptors (Lipinski definition) is 3. The fourth-order valence-corrected chi connectivity index (χ4v) is 2.13. The van der Waals surface area contributed by atoms with Crippen LogP contribution < -0.4 is 5.32 Å². The van der Waals surface area contributed by atoms with Crippen LogP contribution in [-0.4, -0.2) is 4.92 Å². The molecule has 0 aromatic heterocycles. The summed E-state index contributed by atoms with van der Waals surface area (Å²) in [4.78, 5) is 10.5. The molecule has 4 nitrogen and oxygen atoms in total. The van der Waals surface area contributed by atoms with Crippen molar-refractivity contribution in [2.45, 2.75) is 6.54 Å². The van der Waals surface area contributed by atoms with Gasteiger partial charge in [-0.3, -0.25) is 10.1 Å². The Morgan fingerprint density at radius 1 is 1.16 bits per heavy atom. The van der Waals surface area contributed by atoms with E-state index in [1.165, 1.54) is 6.07 Å². The molecule has 0 unspecified atom stereocenters. The summed E-state index contributed by atoms with van der Waals surface area (Å²) in [7, 11) is 0. The second-order valence-electron chi connectivity index (χ2n) is 3.87. The number of anilines is 1. The van der Waals surface area contributed by atoms with Gasteiger partial charge in [0, 0.05) is 17.6 Å². The van der Waals surface area contributed by atoms with Crippen molar-refractivity contribution in [1.29, 1.82) is 0 Å². The van der Waals surface area contributed by atoms with E-state index in [0.717, 1.165) is 5.56 Å². The van der Waals surface area contributed by atoms with E-state index in [1.54, 1.807) is 24.3 Å². The van der Waals surface area contributed by atoms with Gasteiger partial charge < -0.3 is 5.32 Å². The molecule has 0 radical (unpaired) electrons. The van der Waals surface area contributed by atoms with Crippen molar-refractivity contribution >= 4 is 34.6 Å². The van der Waals surface area contributed by atoms with Gasteiger partial charge in [-0.2, -0.15) is 0 Å². The van der Waals surface area contributed by atoms with Crippen LogP contribution in [0.4, 0.5) is 11.4 Å². The molecule has 0 aliphatic carbocycles. The average molecular weight is 297 g/mol. The molecule has 0 saturated heterocycles. The highest BCUT2D eigenvalue weighted by Gasteiger charge is 2.15. The normalized spacial score (nSPS) is 10.2. The van der Waals surface area contributed by atoms with Crippen LogP contribution in [0.5, 0.6) is 0 Å². The quantitative estimate of drug-likeness (QED) is 0.667. The minimum absolute atomic E-state index is 0.0467. The molecular weight excluding hydrogens is 287 g/mol. The molecule has 0 amide bonds. The molecular formula is C13H10Cl2N2O2. The van der Waals surface area contributed by atoms with E-state index in [2.05, 4.69) is 5.32 Å². The molecule has 19 heavy (non-hydrogen) atoms. The number of nitro benzene ring substituents is 1. The van der Waals surface area contributed by atoms with E-state index in [-0.39, 0.29) is 5.69 Å². The van der Waals surface area contributed by atoms with Gasteiger partial charge in [-0.1, -0.05) is 41.4 Å². The fraction of sp³-hybridized carbons (Fsp3) is 0.0769. The van der Waals surface area contributed by atoms with Crippen LogP contribution in [-0.2, 0) is 6.54 Å². The molecule has 0 bridgehead atoms. The highest BCUT2D eigenvalue weighted by Crippen LogP contribution is 2.32. The largest absolute Gasteiger partial charge is 0.374 e. The number of rotatable bonds is 4. The van der Waals surface area contributed by atoms with Crippen LogP contribution in [0.3, 0.4) is 0 Å². The van der Waals surface area contributed by atoms with Gasteiger partial charge >= 0.3 is 0 Å². The molecule has 2 rings (SSSR count). The Morgan fingerprint density at radius 2 is 1.89 bits per heavy atom. The maximum Gasteiger partial charge on any atom is 0.293 e. The summed E-state index contributed by atoms with van der Waals surface area (Å²) in [5.74, 6) is 0. The third kappa shape index (κ3) is 3.36. The molecule has 0 aliphatic heterocycles. The summed E-state index contributed by atoms with van der Waals surface area (Å²) in [5.41, 5.74) is 1.19. The van der Waals surface area contributed by atoms with Crippen LogP contribution in [0.25, 0.3) is 0 Å². The third-order valence-corrected chi connectivity index (χ3v) is 3.10. The predicted molar refractivity (Wildman–Crippen MR) is 76.9 cm³/mol. The molecule has 6 heteroatoms. The third-order valence-electron chi connectivity index (χ3n) is 2.55.